The second kappa shape index (κ2) is 5.56. The molecule has 0 aromatic carbocycles. The first-order chi connectivity index (χ1) is 5.41. The van der Waals surface area contributed by atoms with E-state index in [0.717, 1.165) is 0 Å². The Hall–Kier alpha value is 1.28. The molecular weight excluding hydrogens is 368 g/mol. The predicted molar refractivity (Wildman–Crippen MR) is 46.0 cm³/mol. The summed E-state index contributed by atoms with van der Waals surface area (Å²) in [5.74, 6) is 0. The molecule has 0 aliphatic heterocycles. The Labute approximate surface area is 96.1 Å². The summed E-state index contributed by atoms with van der Waals surface area (Å²) in [6.45, 7) is 0. The van der Waals surface area contributed by atoms with Crippen LogP contribution in [0.5, 0.6) is 0 Å². The van der Waals surface area contributed by atoms with Crippen molar-refractivity contribution in [3.05, 3.63) is 0 Å². The summed E-state index contributed by atoms with van der Waals surface area (Å²) >= 11 is 0. The van der Waals surface area contributed by atoms with E-state index >= 15 is 0 Å². The van der Waals surface area contributed by atoms with Crippen molar-refractivity contribution >= 4 is 49.3 Å². The summed E-state index contributed by atoms with van der Waals surface area (Å²) in [6, 6.07) is 0. The third-order valence-electron chi connectivity index (χ3n) is 0.419. The third-order valence-corrected chi connectivity index (χ3v) is 3.77. The van der Waals surface area contributed by atoms with E-state index in [9.17, 15) is 13.7 Å². The van der Waals surface area contributed by atoms with E-state index in [4.69, 9.17) is 24.5 Å². The first-order valence-electron chi connectivity index (χ1n) is 2.28. The molecule has 0 spiro atoms. The van der Waals surface area contributed by atoms with Crippen molar-refractivity contribution in [2.45, 2.75) is 0 Å². The summed E-state index contributed by atoms with van der Waals surface area (Å²) in [4.78, 5) is 40.2. The van der Waals surface area contributed by atoms with Gasteiger partial charge < -0.3 is 24.5 Å². The molecule has 0 aromatic heterocycles. The molecule has 0 aliphatic carbocycles. The Morgan fingerprint density at radius 3 is 1.07 bits per heavy atom. The van der Waals surface area contributed by atoms with E-state index in [1.165, 1.54) is 0 Å². The van der Waals surface area contributed by atoms with Crippen molar-refractivity contribution in [3.8, 4) is 0 Å². The van der Waals surface area contributed by atoms with E-state index in [-0.39, 0.29) is 25.8 Å². The van der Waals surface area contributed by atoms with Crippen LogP contribution in [0, 0.1) is 0 Å². The average Bonchev–Trinajstić information content (AvgIpc) is 1.43. The summed E-state index contributed by atoms with van der Waals surface area (Å²) < 4.78 is 36.4. The zero-order valence-corrected chi connectivity index (χ0v) is 8.30. The molecule has 0 radical (unpaired) electrons. The van der Waals surface area contributed by atoms with Gasteiger partial charge >= 0.3 is 49.3 Å². The van der Waals surface area contributed by atoms with E-state index < -0.39 is 23.5 Å². The molecule has 0 aliphatic rings. The minimum atomic E-state index is -5.46. The molecule has 14 heteroatoms. The van der Waals surface area contributed by atoms with Crippen molar-refractivity contribution in [2.75, 3.05) is 0 Å². The molecule has 0 amide bonds. The van der Waals surface area contributed by atoms with E-state index in [2.05, 4.69) is 8.62 Å². The standard InChI is InChI=1S/In.H5O10P3.3H/c;1-11(2,3)9-13(7,8)10-12(4,5)6;;;/h;(H,7,8)(H2,1,2,3)(H2,4,5,6);;;. The molecule has 0 heterocycles. The normalized spacial score (nSPS) is 13.5. The molecular formula is H8InO10P3. The van der Waals surface area contributed by atoms with Crippen LogP contribution >= 0.6 is 23.5 Å². The molecule has 0 saturated carbocycles. The molecule has 10 nitrogen and oxygen atoms in total. The van der Waals surface area contributed by atoms with Gasteiger partial charge in [-0.1, -0.05) is 0 Å². The van der Waals surface area contributed by atoms with Crippen molar-refractivity contribution < 1.29 is 46.8 Å². The molecule has 0 saturated heterocycles. The van der Waals surface area contributed by atoms with Crippen LogP contribution in [0.4, 0.5) is 0 Å². The molecule has 0 fully saturated rings. The van der Waals surface area contributed by atoms with Crippen LogP contribution in [0.2, 0.25) is 0 Å². The molecule has 5 N–H and O–H groups in total. The summed E-state index contributed by atoms with van der Waals surface area (Å²) in [7, 11) is -16.2. The molecule has 86 valence electrons. The summed E-state index contributed by atoms with van der Waals surface area (Å²) in [6.07, 6.45) is 0. The molecule has 0 bridgehead atoms. The zero-order valence-electron chi connectivity index (χ0n) is 5.62. The molecule has 0 unspecified atom stereocenters. The van der Waals surface area contributed by atoms with Crippen LogP contribution in [-0.2, 0) is 22.3 Å². The number of hydrogen-bond acceptors (Lipinski definition) is 5. The van der Waals surface area contributed by atoms with Gasteiger partial charge in [0.15, 0.2) is 0 Å². The zero-order chi connectivity index (χ0) is 10.9. The number of rotatable bonds is 4. The van der Waals surface area contributed by atoms with Crippen LogP contribution in [0.15, 0.2) is 0 Å². The van der Waals surface area contributed by atoms with Gasteiger partial charge in [-0.25, -0.2) is 13.7 Å². The second-order valence-corrected chi connectivity index (χ2v) is 5.82. The first-order valence-corrected chi connectivity index (χ1v) is 6.83. The fraction of sp³-hybridized carbons (Fsp3) is 0. The maximum absolute atomic E-state index is 10.4. The predicted octanol–water partition coefficient (Wildman–Crippen LogP) is -1.88. The van der Waals surface area contributed by atoms with Gasteiger partial charge in [0.1, 0.15) is 0 Å². The van der Waals surface area contributed by atoms with Crippen molar-refractivity contribution in [2.24, 2.45) is 0 Å². The molecule has 0 aromatic rings. The number of phosphoric acid groups is 3. The Morgan fingerprint density at radius 2 is 0.929 bits per heavy atom. The fourth-order valence-electron chi connectivity index (χ4n) is 0.284. The maximum atomic E-state index is 10.4. The van der Waals surface area contributed by atoms with Crippen molar-refractivity contribution in [1.29, 1.82) is 0 Å². The molecule has 14 heavy (non-hydrogen) atoms. The Morgan fingerprint density at radius 1 is 0.714 bits per heavy atom. The summed E-state index contributed by atoms with van der Waals surface area (Å²) in [5, 5.41) is 0. The van der Waals surface area contributed by atoms with Gasteiger partial charge in [-0.05, 0) is 0 Å². The SMILES string of the molecule is O=P(O)(O)OP(=O)(O)OP(=O)(O)O.[InH3]. The Bertz CT molecular complexity index is 277. The van der Waals surface area contributed by atoms with Crippen LogP contribution in [0.25, 0.3) is 0 Å². The minimum absolute atomic E-state index is 0. The molecule has 0 rings (SSSR count). The van der Waals surface area contributed by atoms with Crippen LogP contribution < -0.4 is 0 Å². The van der Waals surface area contributed by atoms with Gasteiger partial charge in [0.05, 0.1) is 0 Å². The fourth-order valence-corrected chi connectivity index (χ4v) is 2.82. The van der Waals surface area contributed by atoms with Gasteiger partial charge in [-0.15, -0.1) is 0 Å². The van der Waals surface area contributed by atoms with Gasteiger partial charge in [0.25, 0.3) is 0 Å². The first kappa shape index (κ1) is 17.7. The van der Waals surface area contributed by atoms with Gasteiger partial charge in [-0.2, -0.15) is 8.62 Å². The van der Waals surface area contributed by atoms with Crippen molar-refractivity contribution in [1.82, 2.24) is 0 Å². The van der Waals surface area contributed by atoms with Crippen molar-refractivity contribution in [3.63, 3.8) is 0 Å². The van der Waals surface area contributed by atoms with Crippen LogP contribution in [0.1, 0.15) is 0 Å². The topological polar surface area (TPSA) is 171 Å². The summed E-state index contributed by atoms with van der Waals surface area (Å²) in [5.41, 5.74) is 0. The Balaban J connectivity index is 0. The van der Waals surface area contributed by atoms with Crippen LogP contribution in [0.3, 0.4) is 0 Å². The average molecular weight is 376 g/mol. The quantitative estimate of drug-likeness (QED) is 0.350. The van der Waals surface area contributed by atoms with Crippen LogP contribution in [-0.4, -0.2) is 50.3 Å². The van der Waals surface area contributed by atoms with Gasteiger partial charge in [-0.3, -0.25) is 0 Å². The number of hydrogen-bond donors (Lipinski definition) is 5. The van der Waals surface area contributed by atoms with E-state index in [1.54, 1.807) is 0 Å². The van der Waals surface area contributed by atoms with E-state index in [1.807, 2.05) is 0 Å². The second-order valence-electron chi connectivity index (χ2n) is 1.61. The molecule has 0 atom stereocenters. The van der Waals surface area contributed by atoms with Gasteiger partial charge in [0.2, 0.25) is 0 Å². The van der Waals surface area contributed by atoms with Gasteiger partial charge in [0, 0.05) is 0 Å². The monoisotopic (exact) mass is 376 g/mol. The van der Waals surface area contributed by atoms with E-state index in [0.29, 0.717) is 0 Å². The Kier molecular flexibility index (Phi) is 7.02. The third kappa shape index (κ3) is 11.4.